The van der Waals surface area contributed by atoms with Crippen LogP contribution in [0.1, 0.15) is 27.7 Å². The number of rotatable bonds is 1. The van der Waals surface area contributed by atoms with Crippen molar-refractivity contribution in [2.45, 2.75) is 38.9 Å². The fourth-order valence-corrected chi connectivity index (χ4v) is 6.75. The van der Waals surface area contributed by atoms with Crippen LogP contribution in [0.5, 0.6) is 0 Å². The molecule has 188 valence electrons. The van der Waals surface area contributed by atoms with Crippen molar-refractivity contribution in [3.8, 4) is 0 Å². The molecule has 8 aromatic rings. The first kappa shape index (κ1) is 21.8. The van der Waals surface area contributed by atoms with Crippen LogP contribution in [-0.4, -0.2) is 22.7 Å². The lowest BCUT2D eigenvalue weighted by Crippen LogP contribution is -2.41. The van der Waals surface area contributed by atoms with Gasteiger partial charge in [0.25, 0.3) is 0 Å². The maximum atomic E-state index is 6.43. The van der Waals surface area contributed by atoms with Gasteiger partial charge >= 0.3 is 7.12 Å². The van der Waals surface area contributed by atoms with Crippen molar-refractivity contribution in [2.75, 3.05) is 0 Å². The van der Waals surface area contributed by atoms with Crippen molar-refractivity contribution in [3.05, 3.63) is 84.9 Å². The SMILES string of the molecule is CC1(C)OB(c2ccc3oc4ccc5ccc6c(c7cccc8c9ccccc9n6c87)c5c4c3c2)OC1(C)C. The largest absolute Gasteiger partial charge is 0.494 e. The second-order valence-electron chi connectivity index (χ2n) is 12.0. The van der Waals surface area contributed by atoms with Gasteiger partial charge in [-0.2, -0.15) is 0 Å². The molecule has 5 aromatic carbocycles. The van der Waals surface area contributed by atoms with E-state index in [0.717, 1.165) is 27.4 Å². The van der Waals surface area contributed by atoms with Crippen LogP contribution in [-0.2, 0) is 9.31 Å². The summed E-state index contributed by atoms with van der Waals surface area (Å²) in [4.78, 5) is 0. The van der Waals surface area contributed by atoms with E-state index in [0.29, 0.717) is 0 Å². The molecule has 0 atom stereocenters. The van der Waals surface area contributed by atoms with Crippen LogP contribution in [0.2, 0.25) is 0 Å². The van der Waals surface area contributed by atoms with Gasteiger partial charge in [-0.25, -0.2) is 0 Å². The fraction of sp³-hybridized carbons (Fsp3) is 0.176. The fourth-order valence-electron chi connectivity index (χ4n) is 6.75. The first-order chi connectivity index (χ1) is 18.8. The number of fused-ring (bicyclic) bond motifs is 12. The van der Waals surface area contributed by atoms with Gasteiger partial charge in [-0.05, 0) is 62.8 Å². The van der Waals surface area contributed by atoms with Crippen molar-refractivity contribution >= 4 is 83.4 Å². The molecular formula is C34H26BNO3. The smallest absolute Gasteiger partial charge is 0.456 e. The number of nitrogens with zero attached hydrogens (tertiary/aromatic N) is 1. The summed E-state index contributed by atoms with van der Waals surface area (Å²) in [5.41, 5.74) is 5.73. The first-order valence-electron chi connectivity index (χ1n) is 13.6. The van der Waals surface area contributed by atoms with E-state index in [1.807, 2.05) is 0 Å². The molecule has 0 aliphatic carbocycles. The molecule has 0 radical (unpaired) electrons. The summed E-state index contributed by atoms with van der Waals surface area (Å²) in [5, 5.41) is 9.79. The minimum Gasteiger partial charge on any atom is -0.456 e. The Hall–Kier alpha value is -4.06. The molecule has 0 bridgehead atoms. The summed E-state index contributed by atoms with van der Waals surface area (Å²) in [6.07, 6.45) is 0. The van der Waals surface area contributed by atoms with E-state index in [2.05, 4.69) is 117 Å². The van der Waals surface area contributed by atoms with E-state index < -0.39 is 18.3 Å². The second-order valence-corrected chi connectivity index (χ2v) is 12.0. The number of benzene rings is 5. The zero-order valence-electron chi connectivity index (χ0n) is 22.3. The van der Waals surface area contributed by atoms with Crippen molar-refractivity contribution in [1.82, 2.24) is 4.40 Å². The van der Waals surface area contributed by atoms with E-state index in [-0.39, 0.29) is 0 Å². The molecule has 39 heavy (non-hydrogen) atoms. The van der Waals surface area contributed by atoms with Gasteiger partial charge in [0.2, 0.25) is 0 Å². The number of hydrogen-bond acceptors (Lipinski definition) is 3. The Morgan fingerprint density at radius 3 is 2.15 bits per heavy atom. The maximum Gasteiger partial charge on any atom is 0.494 e. The molecule has 0 spiro atoms. The van der Waals surface area contributed by atoms with Gasteiger partial charge in [0.1, 0.15) is 11.2 Å². The van der Waals surface area contributed by atoms with Gasteiger partial charge < -0.3 is 18.1 Å². The van der Waals surface area contributed by atoms with Crippen LogP contribution in [0, 0.1) is 0 Å². The highest BCUT2D eigenvalue weighted by Crippen LogP contribution is 2.45. The Labute approximate surface area is 225 Å². The van der Waals surface area contributed by atoms with Crippen LogP contribution >= 0.6 is 0 Å². The molecule has 5 heteroatoms. The van der Waals surface area contributed by atoms with E-state index in [1.54, 1.807) is 0 Å². The molecule has 4 nitrogen and oxygen atoms in total. The second kappa shape index (κ2) is 6.92. The number of hydrogen-bond donors (Lipinski definition) is 0. The molecule has 0 amide bonds. The Morgan fingerprint density at radius 2 is 1.31 bits per heavy atom. The summed E-state index contributed by atoms with van der Waals surface area (Å²) in [5.74, 6) is 0. The highest BCUT2D eigenvalue weighted by atomic mass is 16.7. The highest BCUT2D eigenvalue weighted by molar-refractivity contribution is 6.62. The summed E-state index contributed by atoms with van der Waals surface area (Å²) < 4.78 is 21.7. The van der Waals surface area contributed by atoms with Gasteiger partial charge in [-0.3, -0.25) is 0 Å². The normalized spacial score (nSPS) is 17.4. The van der Waals surface area contributed by atoms with Crippen LogP contribution in [0.3, 0.4) is 0 Å². The Bertz CT molecular complexity index is 2290. The van der Waals surface area contributed by atoms with Gasteiger partial charge in [0, 0.05) is 37.7 Å². The molecule has 0 unspecified atom stereocenters. The van der Waals surface area contributed by atoms with Crippen molar-refractivity contribution in [3.63, 3.8) is 0 Å². The first-order valence-corrected chi connectivity index (χ1v) is 13.6. The molecule has 1 aliphatic rings. The van der Waals surface area contributed by atoms with Crippen LogP contribution in [0.4, 0.5) is 0 Å². The Kier molecular flexibility index (Phi) is 3.88. The molecule has 1 saturated heterocycles. The molecular weight excluding hydrogens is 481 g/mol. The van der Waals surface area contributed by atoms with Gasteiger partial charge in [-0.15, -0.1) is 0 Å². The number of aromatic nitrogens is 1. The number of furan rings is 1. The molecule has 0 saturated carbocycles. The van der Waals surface area contributed by atoms with Crippen molar-refractivity contribution in [2.24, 2.45) is 0 Å². The van der Waals surface area contributed by atoms with Gasteiger partial charge in [-0.1, -0.05) is 60.7 Å². The van der Waals surface area contributed by atoms with Crippen LogP contribution < -0.4 is 5.46 Å². The monoisotopic (exact) mass is 507 g/mol. The molecule has 4 heterocycles. The summed E-state index contributed by atoms with van der Waals surface area (Å²) >= 11 is 0. The lowest BCUT2D eigenvalue weighted by molar-refractivity contribution is 0.00578. The highest BCUT2D eigenvalue weighted by Gasteiger charge is 2.51. The average Bonchev–Trinajstić information content (AvgIpc) is 3.63. The Morgan fingerprint density at radius 1 is 0.590 bits per heavy atom. The summed E-state index contributed by atoms with van der Waals surface area (Å²) in [6.45, 7) is 8.37. The third-order valence-electron chi connectivity index (χ3n) is 9.35. The maximum absolute atomic E-state index is 6.43. The zero-order chi connectivity index (χ0) is 26.3. The predicted molar refractivity (Wildman–Crippen MR) is 162 cm³/mol. The van der Waals surface area contributed by atoms with E-state index in [1.165, 1.54) is 48.9 Å². The van der Waals surface area contributed by atoms with Crippen LogP contribution in [0.25, 0.3) is 70.8 Å². The van der Waals surface area contributed by atoms with Gasteiger partial charge in [0.05, 0.1) is 27.8 Å². The third-order valence-corrected chi connectivity index (χ3v) is 9.35. The average molecular weight is 507 g/mol. The summed E-state index contributed by atoms with van der Waals surface area (Å²) in [7, 11) is -0.425. The summed E-state index contributed by atoms with van der Waals surface area (Å²) in [6, 6.07) is 30.5. The molecule has 0 N–H and O–H groups in total. The van der Waals surface area contributed by atoms with Gasteiger partial charge in [0.15, 0.2) is 0 Å². The van der Waals surface area contributed by atoms with E-state index in [4.69, 9.17) is 13.7 Å². The van der Waals surface area contributed by atoms with Crippen molar-refractivity contribution < 1.29 is 13.7 Å². The molecule has 9 rings (SSSR count). The van der Waals surface area contributed by atoms with Crippen molar-refractivity contribution in [1.29, 1.82) is 0 Å². The lowest BCUT2D eigenvalue weighted by atomic mass is 9.78. The zero-order valence-corrected chi connectivity index (χ0v) is 22.3. The van der Waals surface area contributed by atoms with E-state index in [9.17, 15) is 0 Å². The standard InChI is InChI=1S/C34H26BNO3/c1-33(2)34(3,4)39-35(38-33)20-14-17-27-24(18-20)31-28(37-27)16-13-19-12-15-26-30(29(19)31)23-10-7-9-22-21-8-5-6-11-25(21)36(26)32(22)23/h5-18H,1-4H3. The molecule has 1 aliphatic heterocycles. The van der Waals surface area contributed by atoms with Crippen LogP contribution in [0.15, 0.2) is 89.3 Å². The topological polar surface area (TPSA) is 36.0 Å². The molecule has 3 aromatic heterocycles. The van der Waals surface area contributed by atoms with E-state index >= 15 is 0 Å². The quantitative estimate of drug-likeness (QED) is 0.210. The minimum atomic E-state index is -0.425. The number of para-hydroxylation sites is 2. The third kappa shape index (κ3) is 2.62. The lowest BCUT2D eigenvalue weighted by Gasteiger charge is -2.32. The predicted octanol–water partition coefficient (Wildman–Crippen LogP) is 8.19. The molecule has 1 fully saturated rings. The minimum absolute atomic E-state index is 0.395. The Balaban J connectivity index is 1.42.